The van der Waals surface area contributed by atoms with E-state index in [9.17, 15) is 9.18 Å². The summed E-state index contributed by atoms with van der Waals surface area (Å²) in [7, 11) is 5.56. The van der Waals surface area contributed by atoms with E-state index in [1.807, 2.05) is 50.2 Å². The van der Waals surface area contributed by atoms with E-state index in [4.69, 9.17) is 4.74 Å². The Bertz CT molecular complexity index is 983. The summed E-state index contributed by atoms with van der Waals surface area (Å²) in [5.41, 5.74) is 2.92. The SMILES string of the molecule is COc1cccc([C@H](CNC(=O)c2cnn(-c3ccc(F)cc3)c2C)N(C)C)c1. The maximum atomic E-state index is 13.2. The summed E-state index contributed by atoms with van der Waals surface area (Å²) < 4.78 is 20.1. The van der Waals surface area contributed by atoms with Gasteiger partial charge in [0.05, 0.1) is 36.3 Å². The molecule has 29 heavy (non-hydrogen) atoms. The van der Waals surface area contributed by atoms with Crippen LogP contribution in [-0.4, -0.2) is 48.3 Å². The summed E-state index contributed by atoms with van der Waals surface area (Å²) in [6.07, 6.45) is 1.53. The second kappa shape index (κ2) is 8.87. The van der Waals surface area contributed by atoms with Crippen LogP contribution in [0.15, 0.2) is 54.7 Å². The Morgan fingerprint density at radius 2 is 1.97 bits per heavy atom. The number of carbonyl (C=O) groups is 1. The normalized spacial score (nSPS) is 12.1. The van der Waals surface area contributed by atoms with Gasteiger partial charge in [-0.1, -0.05) is 12.1 Å². The predicted molar refractivity (Wildman–Crippen MR) is 110 cm³/mol. The molecule has 0 aliphatic carbocycles. The number of nitrogens with one attached hydrogen (secondary N) is 1. The fourth-order valence-corrected chi connectivity index (χ4v) is 3.21. The average molecular weight is 396 g/mol. The van der Waals surface area contributed by atoms with E-state index in [1.54, 1.807) is 23.9 Å². The van der Waals surface area contributed by atoms with Crippen LogP contribution in [-0.2, 0) is 0 Å². The Labute approximate surface area is 169 Å². The van der Waals surface area contributed by atoms with Crippen LogP contribution in [0, 0.1) is 12.7 Å². The van der Waals surface area contributed by atoms with Crippen molar-refractivity contribution >= 4 is 5.91 Å². The fourth-order valence-electron chi connectivity index (χ4n) is 3.21. The second-order valence-electron chi connectivity index (χ2n) is 7.00. The smallest absolute Gasteiger partial charge is 0.254 e. The van der Waals surface area contributed by atoms with Crippen LogP contribution in [0.2, 0.25) is 0 Å². The lowest BCUT2D eigenvalue weighted by Gasteiger charge is -2.25. The first-order chi connectivity index (χ1) is 13.9. The lowest BCUT2D eigenvalue weighted by molar-refractivity contribution is 0.0941. The van der Waals surface area contributed by atoms with E-state index in [0.717, 1.165) is 11.3 Å². The molecule has 2 aromatic carbocycles. The van der Waals surface area contributed by atoms with Crippen molar-refractivity contribution in [2.24, 2.45) is 0 Å². The molecule has 0 spiro atoms. The summed E-state index contributed by atoms with van der Waals surface area (Å²) in [4.78, 5) is 14.8. The highest BCUT2D eigenvalue weighted by molar-refractivity contribution is 5.95. The summed E-state index contributed by atoms with van der Waals surface area (Å²) in [6, 6.07) is 13.8. The molecule has 0 aliphatic rings. The topological polar surface area (TPSA) is 59.4 Å². The predicted octanol–water partition coefficient (Wildman–Crippen LogP) is 3.36. The molecule has 1 N–H and O–H groups in total. The number of hydrogen-bond donors (Lipinski definition) is 1. The molecule has 0 unspecified atom stereocenters. The van der Waals surface area contributed by atoms with Gasteiger partial charge in [0.1, 0.15) is 11.6 Å². The highest BCUT2D eigenvalue weighted by atomic mass is 19.1. The number of amides is 1. The van der Waals surface area contributed by atoms with Gasteiger partial charge in [-0.3, -0.25) is 4.79 Å². The van der Waals surface area contributed by atoms with E-state index in [0.29, 0.717) is 23.5 Å². The molecule has 7 heteroatoms. The Hall–Kier alpha value is -3.19. The van der Waals surface area contributed by atoms with E-state index in [2.05, 4.69) is 10.4 Å². The van der Waals surface area contributed by atoms with E-state index in [1.165, 1.54) is 18.3 Å². The van der Waals surface area contributed by atoms with Crippen molar-refractivity contribution in [3.05, 3.63) is 77.4 Å². The van der Waals surface area contributed by atoms with Crippen molar-refractivity contribution in [2.75, 3.05) is 27.7 Å². The summed E-state index contributed by atoms with van der Waals surface area (Å²) in [5, 5.41) is 7.28. The molecule has 0 fully saturated rings. The molecule has 1 amide bonds. The standard InChI is InChI=1S/C22H25FN4O2/c1-15-20(13-25-27(15)18-10-8-17(23)9-11-18)22(28)24-14-21(26(2)3)16-6-5-7-19(12-16)29-4/h5-13,21H,14H2,1-4H3,(H,24,28)/t21-/m0/s1. The van der Waals surface area contributed by atoms with Crippen molar-refractivity contribution in [3.8, 4) is 11.4 Å². The second-order valence-corrected chi connectivity index (χ2v) is 7.00. The van der Waals surface area contributed by atoms with Crippen LogP contribution >= 0.6 is 0 Å². The third-order valence-corrected chi connectivity index (χ3v) is 4.88. The van der Waals surface area contributed by atoms with E-state index in [-0.39, 0.29) is 17.8 Å². The number of aromatic nitrogens is 2. The van der Waals surface area contributed by atoms with Gasteiger partial charge in [-0.05, 0) is 63.0 Å². The minimum absolute atomic E-state index is 0.0125. The first-order valence-corrected chi connectivity index (χ1v) is 9.30. The lowest BCUT2D eigenvalue weighted by Crippen LogP contribution is -2.34. The number of likely N-dealkylation sites (N-methyl/N-ethyl adjacent to an activating group) is 1. The number of halogens is 1. The van der Waals surface area contributed by atoms with Crippen LogP contribution in [0.4, 0.5) is 4.39 Å². The molecule has 1 heterocycles. The number of benzene rings is 2. The number of methoxy groups -OCH3 is 1. The summed E-state index contributed by atoms with van der Waals surface area (Å²) in [6.45, 7) is 2.25. The Kier molecular flexibility index (Phi) is 6.29. The van der Waals surface area contributed by atoms with Crippen LogP contribution in [0.25, 0.3) is 5.69 Å². The van der Waals surface area contributed by atoms with Crippen LogP contribution in [0.1, 0.15) is 27.7 Å². The molecule has 0 saturated carbocycles. The largest absolute Gasteiger partial charge is 0.497 e. The quantitative estimate of drug-likeness (QED) is 0.665. The van der Waals surface area contributed by atoms with Gasteiger partial charge >= 0.3 is 0 Å². The van der Waals surface area contributed by atoms with Gasteiger partial charge in [-0.25, -0.2) is 9.07 Å². The van der Waals surface area contributed by atoms with Crippen molar-refractivity contribution in [1.82, 2.24) is 20.0 Å². The van der Waals surface area contributed by atoms with Gasteiger partial charge in [0, 0.05) is 6.54 Å². The molecular weight excluding hydrogens is 371 g/mol. The van der Waals surface area contributed by atoms with Crippen LogP contribution in [0.5, 0.6) is 5.75 Å². The fraction of sp³-hybridized carbons (Fsp3) is 0.273. The number of nitrogens with zero attached hydrogens (tertiary/aromatic N) is 3. The summed E-state index contributed by atoms with van der Waals surface area (Å²) in [5.74, 6) is 0.256. The van der Waals surface area contributed by atoms with Gasteiger partial charge in [0.2, 0.25) is 0 Å². The molecule has 3 aromatic rings. The van der Waals surface area contributed by atoms with Crippen molar-refractivity contribution in [1.29, 1.82) is 0 Å². The monoisotopic (exact) mass is 396 g/mol. The zero-order valence-corrected chi connectivity index (χ0v) is 17.0. The highest BCUT2D eigenvalue weighted by Crippen LogP contribution is 2.22. The zero-order chi connectivity index (χ0) is 21.0. The maximum Gasteiger partial charge on any atom is 0.254 e. The maximum absolute atomic E-state index is 13.2. The molecule has 0 aliphatic heterocycles. The number of ether oxygens (including phenoxy) is 1. The Morgan fingerprint density at radius 1 is 1.24 bits per heavy atom. The van der Waals surface area contributed by atoms with E-state index < -0.39 is 0 Å². The molecular formula is C22H25FN4O2. The van der Waals surface area contributed by atoms with Crippen molar-refractivity contribution in [2.45, 2.75) is 13.0 Å². The van der Waals surface area contributed by atoms with Crippen LogP contribution in [0.3, 0.4) is 0 Å². The molecule has 0 bridgehead atoms. The van der Waals surface area contributed by atoms with Gasteiger partial charge in [-0.2, -0.15) is 5.10 Å². The third-order valence-electron chi connectivity index (χ3n) is 4.88. The molecule has 1 aromatic heterocycles. The zero-order valence-electron chi connectivity index (χ0n) is 17.0. The van der Waals surface area contributed by atoms with Crippen LogP contribution < -0.4 is 10.1 Å². The van der Waals surface area contributed by atoms with Gasteiger partial charge in [0.25, 0.3) is 5.91 Å². The molecule has 0 saturated heterocycles. The summed E-state index contributed by atoms with van der Waals surface area (Å²) >= 11 is 0. The number of carbonyl (C=O) groups excluding carboxylic acids is 1. The minimum atomic E-state index is -0.316. The average Bonchev–Trinajstić information content (AvgIpc) is 3.10. The molecule has 152 valence electrons. The van der Waals surface area contributed by atoms with Crippen molar-refractivity contribution < 1.29 is 13.9 Å². The molecule has 6 nitrogen and oxygen atoms in total. The van der Waals surface area contributed by atoms with Gasteiger partial charge < -0.3 is 15.0 Å². The van der Waals surface area contributed by atoms with Gasteiger partial charge in [-0.15, -0.1) is 0 Å². The van der Waals surface area contributed by atoms with E-state index >= 15 is 0 Å². The molecule has 1 atom stereocenters. The van der Waals surface area contributed by atoms with Crippen molar-refractivity contribution in [3.63, 3.8) is 0 Å². The first kappa shape index (κ1) is 20.5. The highest BCUT2D eigenvalue weighted by Gasteiger charge is 2.19. The molecule has 3 rings (SSSR count). The first-order valence-electron chi connectivity index (χ1n) is 9.30. The Balaban J connectivity index is 1.74. The number of rotatable bonds is 7. The molecule has 0 radical (unpaired) electrons. The minimum Gasteiger partial charge on any atom is -0.497 e. The van der Waals surface area contributed by atoms with Gasteiger partial charge in [0.15, 0.2) is 0 Å². The Morgan fingerprint density at radius 3 is 2.62 bits per heavy atom. The third kappa shape index (κ3) is 4.63. The lowest BCUT2D eigenvalue weighted by atomic mass is 10.1. The number of hydrogen-bond acceptors (Lipinski definition) is 4.